The zero-order chi connectivity index (χ0) is 10.4. The van der Waals surface area contributed by atoms with Crippen LogP contribution in [0.5, 0.6) is 0 Å². The summed E-state index contributed by atoms with van der Waals surface area (Å²) in [4.78, 5) is 2.64. The lowest BCUT2D eigenvalue weighted by Gasteiger charge is -2.35. The van der Waals surface area contributed by atoms with E-state index in [0.29, 0.717) is 0 Å². The van der Waals surface area contributed by atoms with Crippen molar-refractivity contribution in [2.24, 2.45) is 11.8 Å². The molecule has 0 bridgehead atoms. The lowest BCUT2D eigenvalue weighted by molar-refractivity contribution is 0.136. The predicted molar refractivity (Wildman–Crippen MR) is 62.5 cm³/mol. The quantitative estimate of drug-likeness (QED) is 0.679. The average molecular weight is 198 g/mol. The van der Waals surface area contributed by atoms with Crippen molar-refractivity contribution in [3.8, 4) is 0 Å². The molecule has 0 aromatic carbocycles. The first kappa shape index (κ1) is 12.0. The number of unbranched alkanes of at least 4 members (excludes halogenated alkanes) is 1. The Kier molecular flexibility index (Phi) is 5.49. The van der Waals surface area contributed by atoms with E-state index in [2.05, 4.69) is 24.1 Å². The van der Waals surface area contributed by atoms with Crippen molar-refractivity contribution >= 4 is 0 Å². The van der Waals surface area contributed by atoms with Crippen LogP contribution in [0.25, 0.3) is 0 Å². The van der Waals surface area contributed by atoms with E-state index in [1.54, 1.807) is 0 Å². The van der Waals surface area contributed by atoms with Gasteiger partial charge in [-0.3, -0.25) is 0 Å². The third-order valence-electron chi connectivity index (χ3n) is 3.57. The molecule has 2 heteroatoms. The fourth-order valence-corrected chi connectivity index (χ4v) is 2.19. The molecular weight excluding hydrogens is 172 g/mol. The molecule has 14 heavy (non-hydrogen) atoms. The van der Waals surface area contributed by atoms with E-state index in [-0.39, 0.29) is 0 Å². The van der Waals surface area contributed by atoms with E-state index in [1.807, 2.05) is 7.05 Å². The summed E-state index contributed by atoms with van der Waals surface area (Å²) >= 11 is 0. The molecule has 84 valence electrons. The van der Waals surface area contributed by atoms with Gasteiger partial charge in [0.15, 0.2) is 0 Å². The molecule has 0 amide bonds. The molecule has 1 aliphatic rings. The van der Waals surface area contributed by atoms with Crippen LogP contribution in [-0.2, 0) is 0 Å². The van der Waals surface area contributed by atoms with Crippen LogP contribution in [-0.4, -0.2) is 38.1 Å². The van der Waals surface area contributed by atoms with Gasteiger partial charge in [0.05, 0.1) is 0 Å². The minimum Gasteiger partial charge on any atom is -0.320 e. The van der Waals surface area contributed by atoms with Gasteiger partial charge in [-0.05, 0) is 57.8 Å². The largest absolute Gasteiger partial charge is 0.320 e. The van der Waals surface area contributed by atoms with E-state index in [0.717, 1.165) is 11.8 Å². The standard InChI is InChI=1S/C12H26N2/c1-11-6-9-14(10-12(11)2)8-5-4-7-13-3/h11-13H,4-10H2,1-3H3. The highest BCUT2D eigenvalue weighted by Gasteiger charge is 2.21. The van der Waals surface area contributed by atoms with Crippen molar-refractivity contribution in [3.63, 3.8) is 0 Å². The summed E-state index contributed by atoms with van der Waals surface area (Å²) in [5, 5.41) is 3.20. The Morgan fingerprint density at radius 2 is 2.00 bits per heavy atom. The van der Waals surface area contributed by atoms with E-state index >= 15 is 0 Å². The molecule has 0 spiro atoms. The smallest absolute Gasteiger partial charge is 0.000957 e. The maximum atomic E-state index is 3.20. The van der Waals surface area contributed by atoms with Gasteiger partial charge in [-0.25, -0.2) is 0 Å². The maximum Gasteiger partial charge on any atom is 0.000957 e. The van der Waals surface area contributed by atoms with Crippen molar-refractivity contribution in [1.29, 1.82) is 0 Å². The van der Waals surface area contributed by atoms with E-state index in [1.165, 1.54) is 45.4 Å². The van der Waals surface area contributed by atoms with Gasteiger partial charge in [-0.1, -0.05) is 13.8 Å². The highest BCUT2D eigenvalue weighted by atomic mass is 15.1. The molecule has 0 aromatic heterocycles. The fourth-order valence-electron chi connectivity index (χ4n) is 2.19. The Hall–Kier alpha value is -0.0800. The molecule has 1 N–H and O–H groups in total. The topological polar surface area (TPSA) is 15.3 Å². The third-order valence-corrected chi connectivity index (χ3v) is 3.57. The van der Waals surface area contributed by atoms with Crippen LogP contribution in [0.4, 0.5) is 0 Å². The molecule has 1 aliphatic heterocycles. The van der Waals surface area contributed by atoms with Gasteiger partial charge in [0.1, 0.15) is 0 Å². The molecule has 1 saturated heterocycles. The van der Waals surface area contributed by atoms with Gasteiger partial charge in [-0.2, -0.15) is 0 Å². The normalized spacial score (nSPS) is 29.4. The molecule has 2 nitrogen and oxygen atoms in total. The Morgan fingerprint density at radius 1 is 1.21 bits per heavy atom. The van der Waals surface area contributed by atoms with E-state index in [9.17, 15) is 0 Å². The predicted octanol–water partition coefficient (Wildman–Crippen LogP) is 1.96. The summed E-state index contributed by atoms with van der Waals surface area (Å²) < 4.78 is 0. The first-order chi connectivity index (χ1) is 6.74. The lowest BCUT2D eigenvalue weighted by atomic mass is 9.88. The molecular formula is C12H26N2. The number of rotatable bonds is 5. The van der Waals surface area contributed by atoms with Gasteiger partial charge in [0.2, 0.25) is 0 Å². The minimum absolute atomic E-state index is 0.896. The zero-order valence-electron chi connectivity index (χ0n) is 10.1. The van der Waals surface area contributed by atoms with Crippen molar-refractivity contribution in [2.45, 2.75) is 33.1 Å². The molecule has 0 saturated carbocycles. The number of hydrogen-bond donors (Lipinski definition) is 1. The molecule has 2 unspecified atom stereocenters. The summed E-state index contributed by atoms with van der Waals surface area (Å²) in [6, 6.07) is 0. The van der Waals surface area contributed by atoms with Gasteiger partial charge < -0.3 is 10.2 Å². The molecule has 1 fully saturated rings. The summed E-state index contributed by atoms with van der Waals surface area (Å²) in [5.41, 5.74) is 0. The Bertz CT molecular complexity index is 147. The van der Waals surface area contributed by atoms with Gasteiger partial charge >= 0.3 is 0 Å². The molecule has 2 atom stereocenters. The van der Waals surface area contributed by atoms with Crippen LogP contribution < -0.4 is 5.32 Å². The number of nitrogens with zero attached hydrogens (tertiary/aromatic N) is 1. The SMILES string of the molecule is CNCCCCN1CCC(C)C(C)C1. The molecule has 1 heterocycles. The van der Waals surface area contributed by atoms with Crippen LogP contribution in [0.15, 0.2) is 0 Å². The van der Waals surface area contributed by atoms with Gasteiger partial charge in [-0.15, -0.1) is 0 Å². The van der Waals surface area contributed by atoms with Crippen molar-refractivity contribution in [2.75, 3.05) is 33.2 Å². The van der Waals surface area contributed by atoms with Gasteiger partial charge in [0, 0.05) is 6.54 Å². The summed E-state index contributed by atoms with van der Waals surface area (Å²) in [5.74, 6) is 1.83. The summed E-state index contributed by atoms with van der Waals surface area (Å²) in [7, 11) is 2.03. The summed E-state index contributed by atoms with van der Waals surface area (Å²) in [6.07, 6.45) is 4.06. The van der Waals surface area contributed by atoms with E-state index < -0.39 is 0 Å². The van der Waals surface area contributed by atoms with E-state index in [4.69, 9.17) is 0 Å². The number of piperidine rings is 1. The lowest BCUT2D eigenvalue weighted by Crippen LogP contribution is -2.38. The highest BCUT2D eigenvalue weighted by molar-refractivity contribution is 4.74. The highest BCUT2D eigenvalue weighted by Crippen LogP contribution is 2.22. The second-order valence-electron chi connectivity index (χ2n) is 4.85. The van der Waals surface area contributed by atoms with Crippen LogP contribution >= 0.6 is 0 Å². The Morgan fingerprint density at radius 3 is 2.64 bits per heavy atom. The van der Waals surface area contributed by atoms with Crippen molar-refractivity contribution in [3.05, 3.63) is 0 Å². The fraction of sp³-hybridized carbons (Fsp3) is 1.00. The van der Waals surface area contributed by atoms with Crippen LogP contribution in [0, 0.1) is 11.8 Å². The number of likely N-dealkylation sites (tertiary alicyclic amines) is 1. The van der Waals surface area contributed by atoms with Crippen LogP contribution in [0.1, 0.15) is 33.1 Å². The van der Waals surface area contributed by atoms with Crippen LogP contribution in [0.2, 0.25) is 0 Å². The zero-order valence-corrected chi connectivity index (χ0v) is 10.1. The molecule has 0 aliphatic carbocycles. The molecule has 0 radical (unpaired) electrons. The molecule has 1 rings (SSSR count). The second-order valence-corrected chi connectivity index (χ2v) is 4.85. The monoisotopic (exact) mass is 198 g/mol. The second kappa shape index (κ2) is 6.41. The Balaban J connectivity index is 2.07. The maximum absolute atomic E-state index is 3.20. The molecule has 0 aromatic rings. The third kappa shape index (κ3) is 3.97. The van der Waals surface area contributed by atoms with Gasteiger partial charge in [0.25, 0.3) is 0 Å². The number of nitrogens with one attached hydrogen (secondary N) is 1. The van der Waals surface area contributed by atoms with Crippen molar-refractivity contribution < 1.29 is 0 Å². The number of hydrogen-bond acceptors (Lipinski definition) is 2. The summed E-state index contributed by atoms with van der Waals surface area (Å²) in [6.45, 7) is 9.90. The minimum atomic E-state index is 0.896. The first-order valence-electron chi connectivity index (χ1n) is 6.11. The Labute approximate surface area is 89.1 Å². The van der Waals surface area contributed by atoms with Crippen molar-refractivity contribution in [1.82, 2.24) is 10.2 Å². The first-order valence-corrected chi connectivity index (χ1v) is 6.11. The average Bonchev–Trinajstić information content (AvgIpc) is 2.18. The van der Waals surface area contributed by atoms with Crippen LogP contribution in [0.3, 0.4) is 0 Å².